The number of Topliss-reactive ketones (excluding diaryl/α,β-unsaturated/α-hetero) is 1. The molecule has 1 aromatic carbocycles. The van der Waals surface area contributed by atoms with Gasteiger partial charge in [0.15, 0.2) is 0 Å². The zero-order chi connectivity index (χ0) is 24.3. The van der Waals surface area contributed by atoms with Crippen LogP contribution in [0, 0.1) is 5.82 Å². The Morgan fingerprint density at radius 3 is 2.42 bits per heavy atom. The highest BCUT2D eigenvalue weighted by Crippen LogP contribution is 2.32. The van der Waals surface area contributed by atoms with Crippen molar-refractivity contribution in [2.45, 2.75) is 39.5 Å². The number of hydrogen-bond donors (Lipinski definition) is 1. The van der Waals surface area contributed by atoms with E-state index < -0.39 is 15.9 Å². The lowest BCUT2D eigenvalue weighted by molar-refractivity contribution is -0.117. The van der Waals surface area contributed by atoms with Gasteiger partial charge >= 0.3 is 0 Å². The molecular formula is C23H26FN3O5S. The summed E-state index contributed by atoms with van der Waals surface area (Å²) in [5.41, 5.74) is 7.16. The number of nitrogens with zero attached hydrogens (tertiary/aromatic N) is 2. The van der Waals surface area contributed by atoms with Gasteiger partial charge in [0.2, 0.25) is 15.7 Å². The predicted molar refractivity (Wildman–Crippen MR) is 123 cm³/mol. The zero-order valence-corrected chi connectivity index (χ0v) is 19.5. The first-order chi connectivity index (χ1) is 15.5. The first-order valence-corrected chi connectivity index (χ1v) is 12.3. The first-order valence-electron chi connectivity index (χ1n) is 10.5. The Morgan fingerprint density at radius 1 is 1.21 bits per heavy atom. The number of halogens is 1. The third kappa shape index (κ3) is 5.57. The fraction of sp³-hybridized carbons (Fsp3) is 0.348. The molecule has 2 N–H and O–H groups in total. The summed E-state index contributed by atoms with van der Waals surface area (Å²) >= 11 is 0. The molecule has 2 heterocycles. The summed E-state index contributed by atoms with van der Waals surface area (Å²) in [6.07, 6.45) is 2.27. The van der Waals surface area contributed by atoms with Crippen molar-refractivity contribution in [3.63, 3.8) is 0 Å². The van der Waals surface area contributed by atoms with Gasteiger partial charge in [-0.15, -0.1) is 0 Å². The number of aryl methyl sites for hydroxylation is 1. The molecule has 8 nitrogen and oxygen atoms in total. The van der Waals surface area contributed by atoms with Crippen LogP contribution in [0.4, 0.5) is 10.2 Å². The number of carbonyl (C=O) groups is 2. The summed E-state index contributed by atoms with van der Waals surface area (Å²) in [6.45, 7) is 3.37. The number of rotatable bonds is 10. The largest absolute Gasteiger partial charge is 0.441 e. The van der Waals surface area contributed by atoms with Crippen LogP contribution in [0.1, 0.15) is 53.9 Å². The molecule has 0 aliphatic carbocycles. The van der Waals surface area contributed by atoms with E-state index in [0.29, 0.717) is 29.4 Å². The minimum Gasteiger partial charge on any atom is -0.441 e. The van der Waals surface area contributed by atoms with E-state index in [0.717, 1.165) is 10.6 Å². The van der Waals surface area contributed by atoms with Gasteiger partial charge in [-0.1, -0.05) is 19.1 Å². The van der Waals surface area contributed by atoms with Gasteiger partial charge in [0.25, 0.3) is 5.91 Å². The predicted octanol–water partition coefficient (Wildman–Crippen LogP) is 3.35. The van der Waals surface area contributed by atoms with Crippen LogP contribution in [0.15, 0.2) is 34.7 Å². The van der Waals surface area contributed by atoms with Crippen LogP contribution in [0.25, 0.3) is 11.1 Å². The highest BCUT2D eigenvalue weighted by Gasteiger charge is 2.26. The van der Waals surface area contributed by atoms with Gasteiger partial charge in [-0.2, -0.15) is 4.98 Å². The van der Waals surface area contributed by atoms with Crippen LogP contribution in [0.5, 0.6) is 0 Å². The highest BCUT2D eigenvalue weighted by molar-refractivity contribution is 7.92. The average Bonchev–Trinajstić information content (AvgIpc) is 3.07. The lowest BCUT2D eigenvalue weighted by Crippen LogP contribution is -2.32. The highest BCUT2D eigenvalue weighted by atomic mass is 32.2. The SMILES string of the molecule is CCc1cc2c(C(N)=O)c(Cc3ccc(F)cc3)oc2nc1N(CCCC(C)=O)S(C)(=O)=O. The van der Waals surface area contributed by atoms with E-state index in [1.807, 2.05) is 6.92 Å². The van der Waals surface area contributed by atoms with Gasteiger partial charge in [-0.3, -0.25) is 9.10 Å². The smallest absolute Gasteiger partial charge is 0.252 e. The maximum Gasteiger partial charge on any atom is 0.252 e. The molecular weight excluding hydrogens is 449 g/mol. The van der Waals surface area contributed by atoms with E-state index >= 15 is 0 Å². The third-order valence-electron chi connectivity index (χ3n) is 5.24. The van der Waals surface area contributed by atoms with Crippen molar-refractivity contribution < 1.29 is 26.8 Å². The van der Waals surface area contributed by atoms with Crippen molar-refractivity contribution in [1.82, 2.24) is 4.98 Å². The van der Waals surface area contributed by atoms with E-state index in [1.54, 1.807) is 18.2 Å². The summed E-state index contributed by atoms with van der Waals surface area (Å²) in [5, 5.41) is 0.386. The van der Waals surface area contributed by atoms with Crippen LogP contribution in [0.3, 0.4) is 0 Å². The molecule has 10 heteroatoms. The number of amides is 1. The number of hydrogen-bond acceptors (Lipinski definition) is 6. The number of carbonyl (C=O) groups excluding carboxylic acids is 2. The van der Waals surface area contributed by atoms with E-state index in [4.69, 9.17) is 10.2 Å². The van der Waals surface area contributed by atoms with Gasteiger partial charge in [0, 0.05) is 19.4 Å². The maximum absolute atomic E-state index is 13.3. The van der Waals surface area contributed by atoms with Crippen molar-refractivity contribution in [2.24, 2.45) is 5.73 Å². The van der Waals surface area contributed by atoms with Crippen molar-refractivity contribution >= 4 is 38.6 Å². The molecule has 2 aromatic heterocycles. The first kappa shape index (κ1) is 24.4. The molecule has 3 rings (SSSR count). The molecule has 0 saturated carbocycles. The molecule has 0 aliphatic rings. The molecule has 0 aliphatic heterocycles. The molecule has 1 amide bonds. The number of nitrogens with two attached hydrogens (primary N) is 1. The molecule has 176 valence electrons. The number of fused-ring (bicyclic) bond motifs is 1. The Hall–Kier alpha value is -3.27. The second-order valence-electron chi connectivity index (χ2n) is 7.89. The van der Waals surface area contributed by atoms with E-state index in [2.05, 4.69) is 4.98 Å². The van der Waals surface area contributed by atoms with Crippen molar-refractivity contribution in [3.05, 3.63) is 58.6 Å². The van der Waals surface area contributed by atoms with Crippen LogP contribution < -0.4 is 10.0 Å². The quantitative estimate of drug-likeness (QED) is 0.480. The Bertz CT molecular complexity index is 1300. The summed E-state index contributed by atoms with van der Waals surface area (Å²) in [7, 11) is -3.70. The monoisotopic (exact) mass is 475 g/mol. The molecule has 0 spiro atoms. The second kappa shape index (κ2) is 9.70. The Labute approximate surface area is 191 Å². The van der Waals surface area contributed by atoms with Crippen LogP contribution in [-0.2, 0) is 27.7 Å². The third-order valence-corrected chi connectivity index (χ3v) is 6.40. The topological polar surface area (TPSA) is 124 Å². The summed E-state index contributed by atoms with van der Waals surface area (Å²) in [5.74, 6) is -0.676. The minimum absolute atomic E-state index is 0.0369. The number of ketones is 1. The molecule has 33 heavy (non-hydrogen) atoms. The zero-order valence-electron chi connectivity index (χ0n) is 18.7. The fourth-order valence-corrected chi connectivity index (χ4v) is 4.60. The minimum atomic E-state index is -3.70. The molecule has 0 atom stereocenters. The van der Waals surface area contributed by atoms with Crippen molar-refractivity contribution in [2.75, 3.05) is 17.1 Å². The summed E-state index contributed by atoms with van der Waals surface area (Å²) in [6, 6.07) is 7.42. The van der Waals surface area contributed by atoms with Crippen molar-refractivity contribution in [3.8, 4) is 0 Å². The molecule has 0 unspecified atom stereocenters. The van der Waals surface area contributed by atoms with E-state index in [1.165, 1.54) is 19.1 Å². The average molecular weight is 476 g/mol. The fourth-order valence-electron chi connectivity index (χ4n) is 3.66. The molecule has 0 radical (unpaired) electrons. The van der Waals surface area contributed by atoms with Crippen molar-refractivity contribution in [1.29, 1.82) is 0 Å². The van der Waals surface area contributed by atoms with Crippen LogP contribution >= 0.6 is 0 Å². The number of furan rings is 1. The molecule has 0 saturated heterocycles. The Morgan fingerprint density at radius 2 is 1.88 bits per heavy atom. The second-order valence-corrected chi connectivity index (χ2v) is 9.79. The van der Waals surface area contributed by atoms with Gasteiger partial charge in [-0.05, 0) is 49.1 Å². The maximum atomic E-state index is 13.3. The van der Waals surface area contributed by atoms with E-state index in [-0.39, 0.29) is 53.8 Å². The lowest BCUT2D eigenvalue weighted by Gasteiger charge is -2.23. The van der Waals surface area contributed by atoms with Crippen LogP contribution in [-0.4, -0.2) is 37.9 Å². The van der Waals surface area contributed by atoms with Gasteiger partial charge < -0.3 is 14.9 Å². The Balaban J connectivity index is 2.13. The molecule has 0 bridgehead atoms. The number of anilines is 1. The number of pyridine rings is 1. The molecule has 0 fully saturated rings. The molecule has 3 aromatic rings. The number of benzene rings is 1. The van der Waals surface area contributed by atoms with Gasteiger partial charge in [-0.25, -0.2) is 12.8 Å². The number of aromatic nitrogens is 1. The number of primary amides is 1. The summed E-state index contributed by atoms with van der Waals surface area (Å²) < 4.78 is 45.3. The van der Waals surface area contributed by atoms with Crippen LogP contribution in [0.2, 0.25) is 0 Å². The summed E-state index contributed by atoms with van der Waals surface area (Å²) in [4.78, 5) is 28.0. The Kier molecular flexibility index (Phi) is 7.16. The normalized spacial score (nSPS) is 11.6. The number of sulfonamides is 1. The lowest BCUT2D eigenvalue weighted by atomic mass is 10.0. The van der Waals surface area contributed by atoms with E-state index in [9.17, 15) is 22.4 Å². The van der Waals surface area contributed by atoms with Gasteiger partial charge in [0.1, 0.15) is 23.2 Å². The van der Waals surface area contributed by atoms with Gasteiger partial charge in [0.05, 0.1) is 17.2 Å². The standard InChI is InChI=1S/C23H26FN3O5S/c1-4-16-13-18-20(21(25)29)19(12-15-7-9-17(24)10-8-15)32-23(18)26-22(16)27(33(3,30)31)11-5-6-14(2)28/h7-10,13H,4-6,11-12H2,1-3H3,(H2,25,29).